The van der Waals surface area contributed by atoms with Crippen molar-refractivity contribution in [1.82, 2.24) is 9.80 Å². The maximum atomic E-state index is 9.90. The molecule has 1 atom stereocenters. The van der Waals surface area contributed by atoms with E-state index in [-0.39, 0.29) is 6.04 Å². The number of morpholine rings is 1. The Balaban J connectivity index is 1.82. The van der Waals surface area contributed by atoms with Gasteiger partial charge in [-0.2, -0.15) is 5.26 Å². The predicted octanol–water partition coefficient (Wildman–Crippen LogP) is 3.37. The summed E-state index contributed by atoms with van der Waals surface area (Å²) in [5.74, 6) is 0.328. The molecule has 1 N–H and O–H groups in total. The molecule has 1 unspecified atom stereocenters. The van der Waals surface area contributed by atoms with Gasteiger partial charge >= 0.3 is 0 Å². The number of aryl methyl sites for hydroxylation is 1. The molecule has 3 rings (SSSR count). The molecule has 2 aromatic rings. The highest BCUT2D eigenvalue weighted by atomic mass is 16.5. The van der Waals surface area contributed by atoms with Gasteiger partial charge in [0.2, 0.25) is 0 Å². The molecule has 1 aliphatic heterocycles. The Morgan fingerprint density at radius 1 is 1.15 bits per heavy atom. The topological polar surface area (TPSA) is 63.4 Å². The van der Waals surface area contributed by atoms with E-state index < -0.39 is 0 Å². The SMILES string of the molecule is Cc1ccccc1CC(=N)N(C#N)C(CN1CCOCC1)c1ccccc1. The van der Waals surface area contributed by atoms with E-state index in [1.807, 2.05) is 61.5 Å². The second-order valence-corrected chi connectivity index (χ2v) is 6.86. The van der Waals surface area contributed by atoms with E-state index in [0.29, 0.717) is 32.0 Å². The third-order valence-corrected chi connectivity index (χ3v) is 5.05. The molecule has 0 amide bonds. The molecule has 5 nitrogen and oxygen atoms in total. The van der Waals surface area contributed by atoms with Crippen LogP contribution in [0, 0.1) is 23.8 Å². The molecule has 27 heavy (non-hydrogen) atoms. The van der Waals surface area contributed by atoms with E-state index in [1.54, 1.807) is 4.90 Å². The smallest absolute Gasteiger partial charge is 0.185 e. The van der Waals surface area contributed by atoms with Gasteiger partial charge in [0.25, 0.3) is 0 Å². The minimum atomic E-state index is -0.175. The van der Waals surface area contributed by atoms with Gasteiger partial charge in [-0.3, -0.25) is 15.2 Å². The Morgan fingerprint density at radius 3 is 2.48 bits per heavy atom. The summed E-state index contributed by atoms with van der Waals surface area (Å²) in [6, 6.07) is 17.9. The molecule has 0 radical (unpaired) electrons. The number of hydrogen-bond acceptors (Lipinski definition) is 4. The Morgan fingerprint density at radius 2 is 1.81 bits per heavy atom. The molecule has 1 aliphatic rings. The van der Waals surface area contributed by atoms with Crippen LogP contribution in [-0.2, 0) is 11.2 Å². The quantitative estimate of drug-likeness (QED) is 0.370. The molecule has 2 aromatic carbocycles. The lowest BCUT2D eigenvalue weighted by Gasteiger charge is -2.34. The van der Waals surface area contributed by atoms with E-state index in [2.05, 4.69) is 11.1 Å². The minimum Gasteiger partial charge on any atom is -0.379 e. The first kappa shape index (κ1) is 19.1. The zero-order valence-corrected chi connectivity index (χ0v) is 15.8. The average molecular weight is 362 g/mol. The Kier molecular flexibility index (Phi) is 6.59. The van der Waals surface area contributed by atoms with Gasteiger partial charge in [-0.15, -0.1) is 0 Å². The van der Waals surface area contributed by atoms with Crippen LogP contribution in [0.15, 0.2) is 54.6 Å². The van der Waals surface area contributed by atoms with Gasteiger partial charge in [-0.05, 0) is 23.6 Å². The molecular formula is C22H26N4O. The molecule has 140 valence electrons. The summed E-state index contributed by atoms with van der Waals surface area (Å²) in [6.45, 7) is 5.89. The standard InChI is InChI=1S/C22H26N4O/c1-18-7-5-6-10-20(18)15-22(24)26(17-23)21(19-8-3-2-4-9-19)16-25-11-13-27-14-12-25/h2-10,21,24H,11-16H2,1H3. The lowest BCUT2D eigenvalue weighted by Crippen LogP contribution is -2.43. The van der Waals surface area contributed by atoms with Crippen molar-refractivity contribution in [2.45, 2.75) is 19.4 Å². The summed E-state index contributed by atoms with van der Waals surface area (Å²) >= 11 is 0. The highest BCUT2D eigenvalue weighted by Crippen LogP contribution is 2.23. The first-order valence-corrected chi connectivity index (χ1v) is 9.35. The average Bonchev–Trinajstić information content (AvgIpc) is 2.71. The van der Waals surface area contributed by atoms with Crippen molar-refractivity contribution in [1.29, 1.82) is 10.7 Å². The summed E-state index contributed by atoms with van der Waals surface area (Å²) in [4.78, 5) is 3.88. The second kappa shape index (κ2) is 9.31. The maximum absolute atomic E-state index is 9.90. The maximum Gasteiger partial charge on any atom is 0.185 e. The number of ether oxygens (including phenoxy) is 1. The minimum absolute atomic E-state index is 0.175. The van der Waals surface area contributed by atoms with Crippen LogP contribution in [0.25, 0.3) is 0 Å². The van der Waals surface area contributed by atoms with Crippen molar-refractivity contribution in [3.8, 4) is 6.19 Å². The molecule has 1 saturated heterocycles. The molecule has 5 heteroatoms. The predicted molar refractivity (Wildman–Crippen MR) is 107 cm³/mol. The Hall–Kier alpha value is -2.68. The van der Waals surface area contributed by atoms with Crippen LogP contribution in [0.3, 0.4) is 0 Å². The van der Waals surface area contributed by atoms with Crippen molar-refractivity contribution in [3.05, 3.63) is 71.3 Å². The fourth-order valence-corrected chi connectivity index (χ4v) is 3.43. The number of nitrogens with zero attached hydrogens (tertiary/aromatic N) is 3. The largest absolute Gasteiger partial charge is 0.379 e. The van der Waals surface area contributed by atoms with Crippen molar-refractivity contribution in [2.24, 2.45) is 0 Å². The molecule has 0 bridgehead atoms. The molecule has 1 fully saturated rings. The van der Waals surface area contributed by atoms with Crippen LogP contribution in [0.5, 0.6) is 0 Å². The zero-order chi connectivity index (χ0) is 19.1. The van der Waals surface area contributed by atoms with Crippen LogP contribution < -0.4 is 0 Å². The first-order chi connectivity index (χ1) is 13.2. The van der Waals surface area contributed by atoms with Gasteiger partial charge in [0.05, 0.1) is 19.3 Å². The van der Waals surface area contributed by atoms with Crippen LogP contribution >= 0.6 is 0 Å². The fourth-order valence-electron chi connectivity index (χ4n) is 3.43. The second-order valence-electron chi connectivity index (χ2n) is 6.86. The summed E-state index contributed by atoms with van der Waals surface area (Å²) < 4.78 is 5.45. The molecular weight excluding hydrogens is 336 g/mol. The van der Waals surface area contributed by atoms with Gasteiger partial charge in [-0.1, -0.05) is 54.6 Å². The fraction of sp³-hybridized carbons (Fsp3) is 0.364. The van der Waals surface area contributed by atoms with Gasteiger partial charge in [0, 0.05) is 26.1 Å². The molecule has 0 spiro atoms. The van der Waals surface area contributed by atoms with Crippen molar-refractivity contribution in [2.75, 3.05) is 32.8 Å². The lowest BCUT2D eigenvalue weighted by atomic mass is 10.0. The number of rotatable bonds is 6. The highest BCUT2D eigenvalue weighted by molar-refractivity contribution is 5.83. The Labute approximate surface area is 161 Å². The monoisotopic (exact) mass is 362 g/mol. The van der Waals surface area contributed by atoms with Gasteiger partial charge in [0.1, 0.15) is 5.84 Å². The van der Waals surface area contributed by atoms with Crippen molar-refractivity contribution in [3.63, 3.8) is 0 Å². The normalized spacial score (nSPS) is 15.7. The van der Waals surface area contributed by atoms with E-state index in [9.17, 15) is 5.26 Å². The van der Waals surface area contributed by atoms with Crippen molar-refractivity contribution >= 4 is 5.84 Å². The van der Waals surface area contributed by atoms with Crippen LogP contribution in [0.4, 0.5) is 0 Å². The molecule has 0 aromatic heterocycles. The van der Waals surface area contributed by atoms with Crippen LogP contribution in [-0.4, -0.2) is 48.5 Å². The molecule has 0 saturated carbocycles. The van der Waals surface area contributed by atoms with E-state index >= 15 is 0 Å². The van der Waals surface area contributed by atoms with Gasteiger partial charge in [-0.25, -0.2) is 0 Å². The summed E-state index contributed by atoms with van der Waals surface area (Å²) in [5.41, 5.74) is 3.28. The van der Waals surface area contributed by atoms with E-state index in [4.69, 9.17) is 10.1 Å². The van der Waals surface area contributed by atoms with E-state index in [1.165, 1.54) is 0 Å². The third kappa shape index (κ3) is 4.94. The third-order valence-electron chi connectivity index (χ3n) is 5.05. The van der Waals surface area contributed by atoms with Crippen molar-refractivity contribution < 1.29 is 4.74 Å². The van der Waals surface area contributed by atoms with E-state index in [0.717, 1.165) is 29.8 Å². The van der Waals surface area contributed by atoms with Crippen LogP contribution in [0.2, 0.25) is 0 Å². The number of hydrogen-bond donors (Lipinski definition) is 1. The molecule has 0 aliphatic carbocycles. The number of nitriles is 1. The highest BCUT2D eigenvalue weighted by Gasteiger charge is 2.26. The number of nitrogens with one attached hydrogen (secondary N) is 1. The summed E-state index contributed by atoms with van der Waals surface area (Å²) in [7, 11) is 0. The summed E-state index contributed by atoms with van der Waals surface area (Å²) in [5, 5.41) is 18.5. The van der Waals surface area contributed by atoms with Gasteiger partial charge < -0.3 is 4.74 Å². The molecule has 1 heterocycles. The number of amidine groups is 1. The Bertz CT molecular complexity index is 793. The number of benzene rings is 2. The lowest BCUT2D eigenvalue weighted by molar-refractivity contribution is 0.0304. The first-order valence-electron chi connectivity index (χ1n) is 9.35. The van der Waals surface area contributed by atoms with Crippen LogP contribution in [0.1, 0.15) is 22.7 Å². The van der Waals surface area contributed by atoms with Gasteiger partial charge in [0.15, 0.2) is 6.19 Å². The zero-order valence-electron chi connectivity index (χ0n) is 15.8. The summed E-state index contributed by atoms with van der Waals surface area (Å²) in [6.07, 6.45) is 2.73.